The van der Waals surface area contributed by atoms with E-state index in [0.717, 1.165) is 19.3 Å². The number of carbonyl (C=O) groups is 2. The highest BCUT2D eigenvalue weighted by atomic mass is 16.3. The number of benzene rings is 1. The van der Waals surface area contributed by atoms with E-state index < -0.39 is 0 Å². The van der Waals surface area contributed by atoms with Crippen molar-refractivity contribution >= 4 is 11.8 Å². The van der Waals surface area contributed by atoms with E-state index in [1.54, 1.807) is 29.2 Å². The van der Waals surface area contributed by atoms with Gasteiger partial charge in [-0.25, -0.2) is 0 Å². The molecular formula is C16H22N2O3. The molecule has 1 fully saturated rings. The van der Waals surface area contributed by atoms with Crippen LogP contribution in [0.1, 0.15) is 36.0 Å². The van der Waals surface area contributed by atoms with E-state index in [1.165, 1.54) is 0 Å². The molecular weight excluding hydrogens is 268 g/mol. The van der Waals surface area contributed by atoms with Crippen molar-refractivity contribution in [3.63, 3.8) is 0 Å². The van der Waals surface area contributed by atoms with Crippen molar-refractivity contribution in [1.82, 2.24) is 10.2 Å². The summed E-state index contributed by atoms with van der Waals surface area (Å²) in [6, 6.07) is 9.22. The number of amides is 2. The molecule has 1 aromatic carbocycles. The van der Waals surface area contributed by atoms with Gasteiger partial charge in [-0.3, -0.25) is 9.59 Å². The van der Waals surface area contributed by atoms with Gasteiger partial charge < -0.3 is 15.3 Å². The highest BCUT2D eigenvalue weighted by Gasteiger charge is 2.27. The third-order valence-electron chi connectivity index (χ3n) is 3.84. The van der Waals surface area contributed by atoms with Crippen molar-refractivity contribution in [3.05, 3.63) is 35.9 Å². The van der Waals surface area contributed by atoms with Crippen LogP contribution in [0.3, 0.4) is 0 Å². The lowest BCUT2D eigenvalue weighted by molar-refractivity contribution is -0.135. The number of rotatable bonds is 7. The minimum atomic E-state index is -0.166. The van der Waals surface area contributed by atoms with Crippen LogP contribution in [0.4, 0.5) is 0 Å². The van der Waals surface area contributed by atoms with Crippen LogP contribution in [-0.2, 0) is 4.79 Å². The Morgan fingerprint density at radius 3 is 2.52 bits per heavy atom. The van der Waals surface area contributed by atoms with Gasteiger partial charge in [0.15, 0.2) is 0 Å². The molecule has 21 heavy (non-hydrogen) atoms. The van der Waals surface area contributed by atoms with Crippen molar-refractivity contribution in [3.8, 4) is 0 Å². The molecule has 5 heteroatoms. The van der Waals surface area contributed by atoms with Crippen LogP contribution in [0.25, 0.3) is 0 Å². The Balaban J connectivity index is 1.76. The van der Waals surface area contributed by atoms with Crippen molar-refractivity contribution in [2.75, 3.05) is 19.7 Å². The Hall–Kier alpha value is -1.88. The first kappa shape index (κ1) is 15.5. The van der Waals surface area contributed by atoms with Crippen LogP contribution < -0.4 is 5.32 Å². The first-order valence-corrected chi connectivity index (χ1v) is 7.46. The molecule has 0 aliphatic heterocycles. The first-order chi connectivity index (χ1) is 10.2. The first-order valence-electron chi connectivity index (χ1n) is 7.46. The molecule has 2 N–H and O–H groups in total. The number of hydrogen-bond acceptors (Lipinski definition) is 3. The van der Waals surface area contributed by atoms with Gasteiger partial charge in [0.25, 0.3) is 5.91 Å². The number of nitrogens with zero attached hydrogens (tertiary/aromatic N) is 1. The normalized spacial score (nSPS) is 14.3. The molecule has 0 aromatic heterocycles. The number of hydrogen-bond donors (Lipinski definition) is 2. The summed E-state index contributed by atoms with van der Waals surface area (Å²) in [7, 11) is 0. The third kappa shape index (κ3) is 4.29. The fourth-order valence-corrected chi connectivity index (χ4v) is 2.44. The monoisotopic (exact) mass is 290 g/mol. The maximum Gasteiger partial charge on any atom is 0.251 e. The van der Waals surface area contributed by atoms with Gasteiger partial charge in [-0.15, -0.1) is 0 Å². The molecule has 114 valence electrons. The summed E-state index contributed by atoms with van der Waals surface area (Å²) in [4.78, 5) is 25.7. The average Bonchev–Trinajstić information content (AvgIpc) is 2.45. The van der Waals surface area contributed by atoms with E-state index in [4.69, 9.17) is 5.11 Å². The molecule has 0 bridgehead atoms. The maximum absolute atomic E-state index is 12.1. The second-order valence-electron chi connectivity index (χ2n) is 5.27. The lowest BCUT2D eigenvalue weighted by Crippen LogP contribution is -2.46. The molecule has 0 unspecified atom stereocenters. The summed E-state index contributed by atoms with van der Waals surface area (Å²) in [6.07, 6.45) is 3.45. The fraction of sp³-hybridized carbons (Fsp3) is 0.500. The summed E-state index contributed by atoms with van der Waals surface area (Å²) >= 11 is 0. The van der Waals surface area contributed by atoms with Gasteiger partial charge in [0.2, 0.25) is 5.91 Å². The van der Waals surface area contributed by atoms with E-state index in [-0.39, 0.29) is 30.9 Å². The smallest absolute Gasteiger partial charge is 0.251 e. The van der Waals surface area contributed by atoms with Crippen LogP contribution in [0.2, 0.25) is 0 Å². The number of carbonyl (C=O) groups excluding carboxylic acids is 2. The largest absolute Gasteiger partial charge is 0.395 e. The Morgan fingerprint density at radius 1 is 1.24 bits per heavy atom. The standard InChI is InChI=1S/C16H22N2O3/c19-12-11-18(14-7-4-8-14)15(20)9-10-17-16(21)13-5-2-1-3-6-13/h1-3,5-6,14,19H,4,7-12H2,(H,17,21). The number of nitrogens with one attached hydrogen (secondary N) is 1. The predicted octanol–water partition coefficient (Wildman–Crippen LogP) is 1.18. The second-order valence-corrected chi connectivity index (χ2v) is 5.27. The van der Waals surface area contributed by atoms with Gasteiger partial charge in [-0.1, -0.05) is 18.2 Å². The van der Waals surface area contributed by atoms with Crippen LogP contribution in [0, 0.1) is 0 Å². The minimum Gasteiger partial charge on any atom is -0.395 e. The fourth-order valence-electron chi connectivity index (χ4n) is 2.44. The van der Waals surface area contributed by atoms with Crippen molar-refractivity contribution in [2.24, 2.45) is 0 Å². The summed E-state index contributed by atoms with van der Waals surface area (Å²) < 4.78 is 0. The summed E-state index contributed by atoms with van der Waals surface area (Å²) in [6.45, 7) is 0.690. The van der Waals surface area contributed by atoms with Gasteiger partial charge in [0.05, 0.1) is 6.61 Å². The summed E-state index contributed by atoms with van der Waals surface area (Å²) in [5.74, 6) is -0.164. The molecule has 1 saturated carbocycles. The Labute approximate surface area is 125 Å². The Kier molecular flexibility index (Phi) is 5.75. The predicted molar refractivity (Wildman–Crippen MR) is 79.8 cm³/mol. The molecule has 2 amide bonds. The molecule has 0 heterocycles. The SMILES string of the molecule is O=C(NCCC(=O)N(CCO)C1CCC1)c1ccccc1. The molecule has 1 aromatic rings. The van der Waals surface area contributed by atoms with Gasteiger partial charge >= 0.3 is 0 Å². The third-order valence-corrected chi connectivity index (χ3v) is 3.84. The lowest BCUT2D eigenvalue weighted by atomic mass is 9.91. The molecule has 0 radical (unpaired) electrons. The molecule has 1 aliphatic rings. The molecule has 0 atom stereocenters. The van der Waals surface area contributed by atoms with E-state index in [2.05, 4.69) is 5.32 Å². The quantitative estimate of drug-likeness (QED) is 0.792. The van der Waals surface area contributed by atoms with E-state index in [9.17, 15) is 9.59 Å². The van der Waals surface area contributed by atoms with Gasteiger partial charge in [-0.05, 0) is 31.4 Å². The summed E-state index contributed by atoms with van der Waals surface area (Å²) in [5.41, 5.74) is 0.594. The number of aliphatic hydroxyl groups is 1. The van der Waals surface area contributed by atoms with Gasteiger partial charge in [0.1, 0.15) is 0 Å². The average molecular weight is 290 g/mol. The zero-order valence-electron chi connectivity index (χ0n) is 12.1. The molecule has 2 rings (SSSR count). The lowest BCUT2D eigenvalue weighted by Gasteiger charge is -2.37. The highest BCUT2D eigenvalue weighted by molar-refractivity contribution is 5.94. The topological polar surface area (TPSA) is 69.6 Å². The van der Waals surface area contributed by atoms with Crippen LogP contribution in [0.5, 0.6) is 0 Å². The van der Waals surface area contributed by atoms with Crippen molar-refractivity contribution in [1.29, 1.82) is 0 Å². The van der Waals surface area contributed by atoms with E-state index in [1.807, 2.05) is 6.07 Å². The van der Waals surface area contributed by atoms with E-state index in [0.29, 0.717) is 18.7 Å². The zero-order chi connectivity index (χ0) is 15.1. The molecule has 0 spiro atoms. The molecule has 5 nitrogen and oxygen atoms in total. The number of aliphatic hydroxyl groups excluding tert-OH is 1. The van der Waals surface area contributed by atoms with Crippen molar-refractivity contribution in [2.45, 2.75) is 31.7 Å². The minimum absolute atomic E-state index is 0.00196. The molecule has 0 saturated heterocycles. The Morgan fingerprint density at radius 2 is 1.95 bits per heavy atom. The summed E-state index contributed by atoms with van der Waals surface area (Å²) in [5, 5.41) is 11.8. The maximum atomic E-state index is 12.1. The highest BCUT2D eigenvalue weighted by Crippen LogP contribution is 2.24. The van der Waals surface area contributed by atoms with Crippen molar-refractivity contribution < 1.29 is 14.7 Å². The van der Waals surface area contributed by atoms with Gasteiger partial charge in [-0.2, -0.15) is 0 Å². The van der Waals surface area contributed by atoms with E-state index >= 15 is 0 Å². The Bertz CT molecular complexity index is 472. The zero-order valence-corrected chi connectivity index (χ0v) is 12.1. The van der Waals surface area contributed by atoms with Gasteiger partial charge in [0, 0.05) is 31.1 Å². The van der Waals surface area contributed by atoms with Crippen LogP contribution in [-0.4, -0.2) is 47.6 Å². The van der Waals surface area contributed by atoms with Crippen LogP contribution in [0.15, 0.2) is 30.3 Å². The van der Waals surface area contributed by atoms with Crippen LogP contribution >= 0.6 is 0 Å². The molecule has 1 aliphatic carbocycles. The second kappa shape index (κ2) is 7.78.